The largest absolute Gasteiger partial charge is 0.317 e. The Hall–Kier alpha value is -2.39. The Bertz CT molecular complexity index is 1680. The lowest BCUT2D eigenvalue weighted by molar-refractivity contribution is -0.161. The summed E-state index contributed by atoms with van der Waals surface area (Å²) in [5.41, 5.74) is 3.59. The molecule has 42 heavy (non-hydrogen) atoms. The van der Waals surface area contributed by atoms with Crippen LogP contribution in [0.1, 0.15) is 38.8 Å². The molecule has 0 aliphatic heterocycles. The van der Waals surface area contributed by atoms with Gasteiger partial charge in [0.05, 0.1) is 29.1 Å². The summed E-state index contributed by atoms with van der Waals surface area (Å²) in [6, 6.07) is 14.1. The van der Waals surface area contributed by atoms with E-state index in [0.29, 0.717) is 10.6 Å². The average molecular weight is 655 g/mol. The zero-order valence-electron chi connectivity index (χ0n) is 24.0. The van der Waals surface area contributed by atoms with Gasteiger partial charge < -0.3 is 5.21 Å². The Labute approximate surface area is 255 Å². The molecule has 230 valence electrons. The van der Waals surface area contributed by atoms with E-state index < -0.39 is 31.8 Å². The van der Waals surface area contributed by atoms with Gasteiger partial charge in [-0.15, -0.1) is 22.7 Å². The molecule has 4 rings (SSSR count). The van der Waals surface area contributed by atoms with Gasteiger partial charge in [0, 0.05) is 15.4 Å². The van der Waals surface area contributed by atoms with Crippen LogP contribution in [0, 0.1) is 11.8 Å². The van der Waals surface area contributed by atoms with Crippen LogP contribution < -0.4 is 5.48 Å². The van der Waals surface area contributed by atoms with Crippen LogP contribution in [-0.4, -0.2) is 62.3 Å². The summed E-state index contributed by atoms with van der Waals surface area (Å²) in [4.78, 5) is 10.7. The number of sulfone groups is 2. The summed E-state index contributed by atoms with van der Waals surface area (Å²) in [6.45, 7) is 7.29. The highest BCUT2D eigenvalue weighted by molar-refractivity contribution is 7.90. The predicted molar refractivity (Wildman–Crippen MR) is 170 cm³/mol. The van der Waals surface area contributed by atoms with Crippen molar-refractivity contribution in [1.29, 1.82) is 0 Å². The first kappa shape index (κ1) is 34.1. The molecule has 0 aliphatic rings. The molecule has 9 nitrogen and oxygen atoms in total. The van der Waals surface area contributed by atoms with E-state index in [4.69, 9.17) is 5.21 Å². The molecule has 0 bridgehead atoms. The molecule has 3 N–H and O–H groups in total. The first-order valence-corrected chi connectivity index (χ1v) is 18.8. The molecule has 0 saturated heterocycles. The third kappa shape index (κ3) is 9.83. The number of rotatable bonds is 13. The van der Waals surface area contributed by atoms with E-state index in [1.54, 1.807) is 42.6 Å². The smallest absolute Gasteiger partial charge is 0.233 e. The fourth-order valence-corrected chi connectivity index (χ4v) is 9.62. The minimum Gasteiger partial charge on any atom is -0.317 e. The summed E-state index contributed by atoms with van der Waals surface area (Å²) in [7, 11) is -6.70. The van der Waals surface area contributed by atoms with Crippen LogP contribution in [-0.2, 0) is 36.0 Å². The molecule has 0 radical (unpaired) electrons. The van der Waals surface area contributed by atoms with Crippen LogP contribution in [0.2, 0.25) is 0 Å². The Morgan fingerprint density at radius 1 is 0.786 bits per heavy atom. The Kier molecular flexibility index (Phi) is 12.1. The van der Waals surface area contributed by atoms with Gasteiger partial charge in [-0.2, -0.15) is 0 Å². The second kappa shape index (κ2) is 14.9. The fraction of sp³-hybridized carbons (Fsp3) is 0.414. The molecule has 0 fully saturated rings. The number of thiophene rings is 2. The normalized spacial score (nSPS) is 13.7. The van der Waals surface area contributed by atoms with Crippen molar-refractivity contribution in [1.82, 2.24) is 10.5 Å². The second-order valence-electron chi connectivity index (χ2n) is 11.0. The maximum absolute atomic E-state index is 12.4. The molecule has 1 amide bonds. The molecular weight excluding hydrogens is 617 g/mol. The average Bonchev–Trinajstić information content (AvgIpc) is 3.58. The summed E-state index contributed by atoms with van der Waals surface area (Å²) in [5, 5.41) is 25.1. The van der Waals surface area contributed by atoms with E-state index in [1.165, 1.54) is 0 Å². The highest BCUT2D eigenvalue weighted by Crippen LogP contribution is 2.24. The maximum atomic E-state index is 12.4. The third-order valence-corrected chi connectivity index (χ3v) is 11.9. The highest BCUT2D eigenvalue weighted by Gasteiger charge is 2.27. The minimum absolute atomic E-state index is 0.00366. The number of hydrogen-bond donors (Lipinski definition) is 3. The van der Waals surface area contributed by atoms with Crippen molar-refractivity contribution in [3.63, 3.8) is 0 Å². The maximum Gasteiger partial charge on any atom is 0.233 e. The number of carbonyl (C=O) groups excluding carboxylic acids is 1. The van der Waals surface area contributed by atoms with Crippen molar-refractivity contribution < 1.29 is 32.0 Å². The number of nitrogens with zero attached hydrogens (tertiary/aromatic N) is 1. The lowest BCUT2D eigenvalue weighted by Gasteiger charge is -2.25. The molecule has 2 aromatic heterocycles. The van der Waals surface area contributed by atoms with Crippen LogP contribution in [0.25, 0.3) is 20.2 Å². The lowest BCUT2D eigenvalue weighted by Crippen LogP contribution is -2.41. The summed E-state index contributed by atoms with van der Waals surface area (Å²) >= 11 is 3.25. The van der Waals surface area contributed by atoms with Gasteiger partial charge in [-0.1, -0.05) is 39.8 Å². The number of hydroxylamine groups is 3. The quantitative estimate of drug-likeness (QED) is 0.0974. The van der Waals surface area contributed by atoms with Gasteiger partial charge >= 0.3 is 0 Å². The Balaban J connectivity index is 0.000000231. The van der Waals surface area contributed by atoms with Crippen LogP contribution in [0.3, 0.4) is 0 Å². The minimum atomic E-state index is -3.44. The number of fused-ring (bicyclic) bond motifs is 2. The van der Waals surface area contributed by atoms with Crippen molar-refractivity contribution >= 4 is 68.9 Å². The topological polar surface area (TPSA) is 141 Å². The van der Waals surface area contributed by atoms with Crippen LogP contribution in [0.4, 0.5) is 0 Å². The highest BCUT2D eigenvalue weighted by atomic mass is 32.2. The number of hydrogen-bond acceptors (Lipinski definition) is 10. The van der Waals surface area contributed by atoms with Gasteiger partial charge in [0.2, 0.25) is 6.41 Å². The van der Waals surface area contributed by atoms with Crippen LogP contribution in [0.15, 0.2) is 59.3 Å². The number of amides is 1. The van der Waals surface area contributed by atoms with Gasteiger partial charge in [-0.05, 0) is 80.9 Å². The number of carbonyl (C=O) groups is 1. The fourth-order valence-electron chi connectivity index (χ4n) is 4.40. The SMILES string of the molecule is CC(C)C(CS(=O)(=O)Cc1ccc2sccc2c1)NO.CC(C)[C@@H](CS(=O)(=O)Cc1ccc2sccc2c1)N(O)C=O. The molecule has 2 atom stereocenters. The van der Waals surface area contributed by atoms with Gasteiger partial charge in [-0.25, -0.2) is 27.4 Å². The van der Waals surface area contributed by atoms with Crippen molar-refractivity contribution in [3.05, 3.63) is 70.4 Å². The molecule has 13 heteroatoms. The molecule has 2 aromatic carbocycles. The van der Waals surface area contributed by atoms with Crippen molar-refractivity contribution in [3.8, 4) is 0 Å². The van der Waals surface area contributed by atoms with Crippen LogP contribution in [0.5, 0.6) is 0 Å². The van der Waals surface area contributed by atoms with E-state index in [0.717, 1.165) is 25.7 Å². The first-order valence-electron chi connectivity index (χ1n) is 13.4. The lowest BCUT2D eigenvalue weighted by atomic mass is 10.1. The van der Waals surface area contributed by atoms with E-state index >= 15 is 0 Å². The molecule has 4 aromatic rings. The summed E-state index contributed by atoms with van der Waals surface area (Å²) < 4.78 is 51.4. The van der Waals surface area contributed by atoms with Gasteiger partial charge in [0.15, 0.2) is 19.7 Å². The molecular formula is C29H38N2O7S4. The standard InChI is InChI=1S/C15H19NO4S2.C14H19NO3S2/c1-11(2)14(16(18)10-17)9-22(19,20)8-12-3-4-15-13(7-12)5-6-21-15;1-10(2)13(15-16)9-20(17,18)8-11-3-4-14-12(7-11)5-6-19-14/h3-7,10-11,14,18H,8-9H2,1-2H3;3-7,10,13,15-16H,8-9H2,1-2H3/t14-;/m1./s1. The Morgan fingerprint density at radius 3 is 1.67 bits per heavy atom. The number of benzene rings is 2. The van der Waals surface area contributed by atoms with Crippen molar-refractivity contribution in [2.45, 2.75) is 51.3 Å². The summed E-state index contributed by atoms with van der Waals surface area (Å²) in [6.07, 6.45) is 0.248. The monoisotopic (exact) mass is 654 g/mol. The molecule has 0 spiro atoms. The van der Waals surface area contributed by atoms with Crippen molar-refractivity contribution in [2.75, 3.05) is 11.5 Å². The van der Waals surface area contributed by atoms with Crippen molar-refractivity contribution in [2.24, 2.45) is 11.8 Å². The van der Waals surface area contributed by atoms with Gasteiger partial charge in [0.25, 0.3) is 0 Å². The van der Waals surface area contributed by atoms with E-state index in [1.807, 2.05) is 67.1 Å². The van der Waals surface area contributed by atoms with E-state index in [9.17, 15) is 26.8 Å². The Morgan fingerprint density at radius 2 is 1.26 bits per heavy atom. The zero-order valence-corrected chi connectivity index (χ0v) is 27.3. The van der Waals surface area contributed by atoms with E-state index in [2.05, 4.69) is 5.48 Å². The first-order chi connectivity index (χ1) is 19.7. The van der Waals surface area contributed by atoms with Gasteiger partial charge in [0.1, 0.15) is 0 Å². The third-order valence-electron chi connectivity index (χ3n) is 6.85. The van der Waals surface area contributed by atoms with E-state index in [-0.39, 0.29) is 41.3 Å². The summed E-state index contributed by atoms with van der Waals surface area (Å²) in [5.74, 6) is -0.540. The second-order valence-corrected chi connectivity index (χ2v) is 17.1. The number of nitrogens with one attached hydrogen (secondary N) is 1. The van der Waals surface area contributed by atoms with Crippen LogP contribution >= 0.6 is 22.7 Å². The molecule has 1 unspecified atom stereocenters. The molecule has 0 aliphatic carbocycles. The molecule has 0 saturated carbocycles. The van der Waals surface area contributed by atoms with Gasteiger partial charge in [-0.3, -0.25) is 10.0 Å². The molecule has 2 heterocycles. The zero-order chi connectivity index (χ0) is 31.1. The predicted octanol–water partition coefficient (Wildman–Crippen LogP) is 5.51.